The molecule has 1 aliphatic carbocycles. The molecule has 0 bridgehead atoms. The van der Waals surface area contributed by atoms with Gasteiger partial charge < -0.3 is 14.8 Å². The summed E-state index contributed by atoms with van der Waals surface area (Å²) >= 11 is 0. The standard InChI is InChI=1S/C19H20N2O5S/c22-19(20-14-5-1-2-6-14)13-4-3-7-16(10-13)27(23,24)21-15-8-9-17-18(11-15)26-12-25-17/h3-4,7-11,14,21H,1-2,5-6,12H2,(H,20,22). The first-order valence-electron chi connectivity index (χ1n) is 8.85. The van der Waals surface area contributed by atoms with Crippen LogP contribution in [0, 0.1) is 0 Å². The number of fused-ring (bicyclic) bond motifs is 1. The highest BCUT2D eigenvalue weighted by molar-refractivity contribution is 7.92. The second-order valence-electron chi connectivity index (χ2n) is 6.66. The Labute approximate surface area is 157 Å². The lowest BCUT2D eigenvalue weighted by atomic mass is 10.2. The van der Waals surface area contributed by atoms with Crippen molar-refractivity contribution < 1.29 is 22.7 Å². The number of hydrogen-bond acceptors (Lipinski definition) is 5. The molecule has 0 saturated heterocycles. The molecule has 1 amide bonds. The van der Waals surface area contributed by atoms with Gasteiger partial charge in [0.05, 0.1) is 10.6 Å². The third kappa shape index (κ3) is 3.85. The molecule has 142 valence electrons. The molecule has 27 heavy (non-hydrogen) atoms. The minimum atomic E-state index is -3.84. The molecule has 2 aromatic carbocycles. The highest BCUT2D eigenvalue weighted by Crippen LogP contribution is 2.34. The van der Waals surface area contributed by atoms with E-state index >= 15 is 0 Å². The number of carbonyl (C=O) groups is 1. The maximum atomic E-state index is 12.7. The zero-order chi connectivity index (χ0) is 18.9. The Balaban J connectivity index is 1.52. The smallest absolute Gasteiger partial charge is 0.261 e. The first-order valence-corrected chi connectivity index (χ1v) is 10.3. The van der Waals surface area contributed by atoms with Crippen molar-refractivity contribution in [2.45, 2.75) is 36.6 Å². The summed E-state index contributed by atoms with van der Waals surface area (Å²) in [4.78, 5) is 12.4. The van der Waals surface area contributed by atoms with E-state index < -0.39 is 10.0 Å². The molecule has 0 aromatic heterocycles. The summed E-state index contributed by atoms with van der Waals surface area (Å²) in [6, 6.07) is 11.0. The van der Waals surface area contributed by atoms with E-state index in [1.807, 2.05) is 0 Å². The topological polar surface area (TPSA) is 93.7 Å². The Bertz CT molecular complexity index is 968. The Hall–Kier alpha value is -2.74. The van der Waals surface area contributed by atoms with Crippen LogP contribution in [-0.2, 0) is 10.0 Å². The highest BCUT2D eigenvalue weighted by Gasteiger charge is 2.21. The number of carbonyl (C=O) groups excluding carboxylic acids is 1. The summed E-state index contributed by atoms with van der Waals surface area (Å²) < 4.78 is 38.4. The maximum absolute atomic E-state index is 12.7. The molecule has 0 radical (unpaired) electrons. The second kappa shape index (κ2) is 7.11. The fourth-order valence-electron chi connectivity index (χ4n) is 3.32. The summed E-state index contributed by atoms with van der Waals surface area (Å²) in [5, 5.41) is 2.97. The van der Waals surface area contributed by atoms with Crippen molar-refractivity contribution in [1.29, 1.82) is 0 Å². The molecule has 1 fully saturated rings. The van der Waals surface area contributed by atoms with Gasteiger partial charge in [-0.1, -0.05) is 18.9 Å². The van der Waals surface area contributed by atoms with E-state index in [1.165, 1.54) is 12.1 Å². The second-order valence-corrected chi connectivity index (χ2v) is 8.34. The van der Waals surface area contributed by atoms with E-state index in [4.69, 9.17) is 9.47 Å². The van der Waals surface area contributed by atoms with E-state index in [-0.39, 0.29) is 23.6 Å². The van der Waals surface area contributed by atoms with Crippen LogP contribution in [0.1, 0.15) is 36.0 Å². The van der Waals surface area contributed by atoms with Crippen molar-refractivity contribution in [2.75, 3.05) is 11.5 Å². The molecule has 2 N–H and O–H groups in total. The minimum absolute atomic E-state index is 0.0271. The van der Waals surface area contributed by atoms with Crippen LogP contribution in [0.15, 0.2) is 47.4 Å². The quantitative estimate of drug-likeness (QED) is 0.821. The van der Waals surface area contributed by atoms with Gasteiger partial charge in [0.2, 0.25) is 6.79 Å². The van der Waals surface area contributed by atoms with Gasteiger partial charge in [-0.05, 0) is 43.2 Å². The average molecular weight is 388 g/mol. The molecular formula is C19H20N2O5S. The highest BCUT2D eigenvalue weighted by atomic mass is 32.2. The van der Waals surface area contributed by atoms with Crippen LogP contribution >= 0.6 is 0 Å². The van der Waals surface area contributed by atoms with Crippen molar-refractivity contribution in [1.82, 2.24) is 5.32 Å². The molecule has 0 unspecified atom stereocenters. The molecule has 0 spiro atoms. The maximum Gasteiger partial charge on any atom is 0.261 e. The largest absolute Gasteiger partial charge is 0.454 e. The SMILES string of the molecule is O=C(NC1CCCC1)c1cccc(S(=O)(=O)Nc2ccc3c(c2)OCO3)c1. The number of amides is 1. The van der Waals surface area contributed by atoms with Crippen LogP contribution in [-0.4, -0.2) is 27.2 Å². The fourth-order valence-corrected chi connectivity index (χ4v) is 4.41. The zero-order valence-corrected chi connectivity index (χ0v) is 15.4. The van der Waals surface area contributed by atoms with Crippen LogP contribution in [0.4, 0.5) is 5.69 Å². The number of ether oxygens (including phenoxy) is 2. The lowest BCUT2D eigenvalue weighted by molar-refractivity contribution is 0.0937. The predicted molar refractivity (Wildman–Crippen MR) is 99.5 cm³/mol. The number of anilines is 1. The number of benzene rings is 2. The van der Waals surface area contributed by atoms with Gasteiger partial charge >= 0.3 is 0 Å². The fraction of sp³-hybridized carbons (Fsp3) is 0.316. The Kier molecular flexibility index (Phi) is 4.65. The Morgan fingerprint density at radius 1 is 1.00 bits per heavy atom. The van der Waals surface area contributed by atoms with Crippen molar-refractivity contribution in [3.05, 3.63) is 48.0 Å². The van der Waals surface area contributed by atoms with Gasteiger partial charge in [-0.15, -0.1) is 0 Å². The number of nitrogens with one attached hydrogen (secondary N) is 2. The predicted octanol–water partition coefficient (Wildman–Crippen LogP) is 2.89. The molecule has 8 heteroatoms. The van der Waals surface area contributed by atoms with Crippen LogP contribution in [0.25, 0.3) is 0 Å². The summed E-state index contributed by atoms with van der Waals surface area (Å²) in [7, 11) is -3.84. The van der Waals surface area contributed by atoms with Crippen LogP contribution in [0.5, 0.6) is 11.5 Å². The van der Waals surface area contributed by atoms with E-state index in [2.05, 4.69) is 10.0 Å². The van der Waals surface area contributed by atoms with Gasteiger partial charge in [0, 0.05) is 17.7 Å². The lowest BCUT2D eigenvalue weighted by Gasteiger charge is -2.13. The first-order chi connectivity index (χ1) is 13.0. The van der Waals surface area contributed by atoms with Gasteiger partial charge in [0.15, 0.2) is 11.5 Å². The summed E-state index contributed by atoms with van der Waals surface area (Å²) in [6.07, 6.45) is 4.16. The lowest BCUT2D eigenvalue weighted by Crippen LogP contribution is -2.32. The van der Waals surface area contributed by atoms with Gasteiger partial charge in [-0.25, -0.2) is 8.42 Å². The minimum Gasteiger partial charge on any atom is -0.454 e. The molecular weight excluding hydrogens is 368 g/mol. The molecule has 1 saturated carbocycles. The zero-order valence-electron chi connectivity index (χ0n) is 14.6. The average Bonchev–Trinajstić information content (AvgIpc) is 3.32. The van der Waals surface area contributed by atoms with E-state index in [0.717, 1.165) is 25.7 Å². The third-order valence-corrected chi connectivity index (χ3v) is 6.10. The third-order valence-electron chi connectivity index (χ3n) is 4.72. The van der Waals surface area contributed by atoms with Crippen LogP contribution in [0.2, 0.25) is 0 Å². The van der Waals surface area contributed by atoms with Crippen molar-refractivity contribution in [2.24, 2.45) is 0 Å². The van der Waals surface area contributed by atoms with Crippen molar-refractivity contribution >= 4 is 21.6 Å². The van der Waals surface area contributed by atoms with Crippen molar-refractivity contribution in [3.8, 4) is 11.5 Å². The summed E-state index contributed by atoms with van der Waals surface area (Å²) in [5.41, 5.74) is 0.690. The Morgan fingerprint density at radius 2 is 1.78 bits per heavy atom. The summed E-state index contributed by atoms with van der Waals surface area (Å²) in [5.74, 6) is 0.811. The van der Waals surface area contributed by atoms with E-state index in [9.17, 15) is 13.2 Å². The molecule has 1 aliphatic heterocycles. The monoisotopic (exact) mass is 388 g/mol. The van der Waals surface area contributed by atoms with Gasteiger partial charge in [-0.2, -0.15) is 0 Å². The van der Waals surface area contributed by atoms with E-state index in [1.54, 1.807) is 30.3 Å². The van der Waals surface area contributed by atoms with Crippen LogP contribution in [0.3, 0.4) is 0 Å². The number of hydrogen-bond donors (Lipinski definition) is 2. The summed E-state index contributed by atoms with van der Waals surface area (Å²) in [6.45, 7) is 0.115. The van der Waals surface area contributed by atoms with Gasteiger partial charge in [0.25, 0.3) is 15.9 Å². The molecule has 7 nitrogen and oxygen atoms in total. The molecule has 1 heterocycles. The molecule has 2 aliphatic rings. The first kappa shape index (κ1) is 17.7. The molecule has 0 atom stereocenters. The van der Waals surface area contributed by atoms with E-state index in [0.29, 0.717) is 22.7 Å². The normalized spacial score (nSPS) is 16.3. The van der Waals surface area contributed by atoms with Gasteiger partial charge in [0.1, 0.15) is 0 Å². The molecule has 2 aromatic rings. The Morgan fingerprint density at radius 3 is 2.59 bits per heavy atom. The number of rotatable bonds is 5. The molecule has 4 rings (SSSR count). The number of sulfonamides is 1. The van der Waals surface area contributed by atoms with Gasteiger partial charge in [-0.3, -0.25) is 9.52 Å². The van der Waals surface area contributed by atoms with Crippen molar-refractivity contribution in [3.63, 3.8) is 0 Å². The van der Waals surface area contributed by atoms with Crippen LogP contribution < -0.4 is 19.5 Å².